The van der Waals surface area contributed by atoms with Gasteiger partial charge >= 0.3 is 5.97 Å². The van der Waals surface area contributed by atoms with E-state index < -0.39 is 68.7 Å². The summed E-state index contributed by atoms with van der Waals surface area (Å²) >= 11 is 4.61. The standard InChI is InChI=1S/C71H68N8O12S2/c1-6-71(2,3)67(81)69(83)79-37-12-11-20-58(79)70(84)91-59(35-21-43-22-36-60(88-4)61(38-43)89-5)47-14-13-15-51(39-47)90-42-64(80)73-48-29-27-46(28-30-48)68(82)74-66-55-19-10-8-17-53(55)63(93(85,86)87)41-57(66)78-76-50-33-25-45(26-34-50)44-23-31-49(32-24-44)75-77-56-40-62(92)52-16-7-9-18-54(52)65(56)72/h7-10,13-19,22-34,36,38-41,58-59,92H,6,11-12,20-21,35,37,42,72H2,1-5H3,(H,73,80)(H,74,82)(H,85,86,87). The fraction of sp³-hybridized carbons (Fsp3) is 0.225. The molecule has 0 spiro atoms. The number of Topliss-reactive ketones (excluding diaryl/α,β-unsaturated/α-hetero) is 1. The lowest BCUT2D eigenvalue weighted by Gasteiger charge is -2.36. The smallest absolute Gasteiger partial charge is 0.329 e. The third-order valence-corrected chi connectivity index (χ3v) is 17.6. The SMILES string of the molecule is CCC(C)(C)C(=O)C(=O)N1CCCCC1C(=O)OC(CCc1ccc(OC)c(OC)c1)c1cccc(OCC(=O)Nc2ccc(C(=O)Nc3c(N=Nc4ccc(-c5ccc(N=Nc6cc(S)c7ccccc7c6N)cc5)cc4)cc(S(=O)(=O)O)c4ccccc34)cc2)c1. The molecule has 1 fully saturated rings. The van der Waals surface area contributed by atoms with Crippen LogP contribution in [0.1, 0.15) is 80.5 Å². The largest absolute Gasteiger partial charge is 0.493 e. The molecule has 476 valence electrons. The van der Waals surface area contributed by atoms with E-state index in [4.69, 9.17) is 24.7 Å². The molecular formula is C71H68N8O12S2. The molecule has 0 aliphatic carbocycles. The molecule has 10 rings (SSSR count). The minimum atomic E-state index is -4.79. The first kappa shape index (κ1) is 65.7. The number of amides is 3. The highest BCUT2D eigenvalue weighted by Crippen LogP contribution is 2.41. The van der Waals surface area contributed by atoms with Crippen LogP contribution < -0.4 is 30.6 Å². The fourth-order valence-corrected chi connectivity index (χ4v) is 11.8. The van der Waals surface area contributed by atoms with Gasteiger partial charge in [0.25, 0.3) is 27.8 Å². The van der Waals surface area contributed by atoms with Gasteiger partial charge in [-0.25, -0.2) is 4.79 Å². The molecule has 2 atom stereocenters. The van der Waals surface area contributed by atoms with E-state index in [0.717, 1.165) is 38.4 Å². The van der Waals surface area contributed by atoms with Crippen LogP contribution in [0.15, 0.2) is 206 Å². The highest BCUT2D eigenvalue weighted by Gasteiger charge is 2.41. The molecule has 0 aromatic heterocycles. The second-order valence-electron chi connectivity index (χ2n) is 22.8. The van der Waals surface area contributed by atoms with Crippen LogP contribution in [0.3, 0.4) is 0 Å². The Morgan fingerprint density at radius 1 is 0.699 bits per heavy atom. The maximum Gasteiger partial charge on any atom is 0.329 e. The number of methoxy groups -OCH3 is 2. The number of nitrogens with two attached hydrogens (primary N) is 1. The maximum atomic E-state index is 14.2. The number of rotatable bonds is 23. The molecule has 1 saturated heterocycles. The number of aryl methyl sites for hydroxylation is 1. The normalized spacial score (nSPS) is 13.8. The maximum absolute atomic E-state index is 14.2. The van der Waals surface area contributed by atoms with Crippen molar-refractivity contribution in [2.75, 3.05) is 43.7 Å². The summed E-state index contributed by atoms with van der Waals surface area (Å²) in [5.74, 6) is -1.65. The molecule has 20 nitrogen and oxygen atoms in total. The first-order valence-electron chi connectivity index (χ1n) is 30.0. The number of fused-ring (bicyclic) bond motifs is 2. The van der Waals surface area contributed by atoms with Gasteiger partial charge < -0.3 is 40.2 Å². The summed E-state index contributed by atoms with van der Waals surface area (Å²) in [5.41, 5.74) is 11.2. The number of hydrogen-bond acceptors (Lipinski definition) is 17. The lowest BCUT2D eigenvalue weighted by atomic mass is 9.84. The van der Waals surface area contributed by atoms with Crippen molar-refractivity contribution in [3.8, 4) is 28.4 Å². The van der Waals surface area contributed by atoms with Gasteiger partial charge in [0, 0.05) is 44.3 Å². The van der Waals surface area contributed by atoms with Crippen LogP contribution in [0.2, 0.25) is 0 Å². The van der Waals surface area contributed by atoms with Gasteiger partial charge in [0.1, 0.15) is 34.2 Å². The van der Waals surface area contributed by atoms with E-state index >= 15 is 0 Å². The van der Waals surface area contributed by atoms with Crippen molar-refractivity contribution in [2.45, 2.75) is 81.2 Å². The van der Waals surface area contributed by atoms with Crippen molar-refractivity contribution in [1.29, 1.82) is 0 Å². The molecule has 0 radical (unpaired) electrons. The fourth-order valence-electron chi connectivity index (χ4n) is 10.8. The van der Waals surface area contributed by atoms with E-state index in [1.807, 2.05) is 79.7 Å². The zero-order chi connectivity index (χ0) is 66.0. The second-order valence-corrected chi connectivity index (χ2v) is 24.7. The Morgan fingerprint density at radius 2 is 1.33 bits per heavy atom. The molecule has 22 heteroatoms. The van der Waals surface area contributed by atoms with Crippen LogP contribution in [0, 0.1) is 5.41 Å². The number of carbonyl (C=O) groups excluding carboxylic acids is 5. The number of nitrogen functional groups attached to an aromatic ring is 1. The van der Waals surface area contributed by atoms with Gasteiger partial charge in [-0.05, 0) is 151 Å². The molecule has 1 aliphatic rings. The van der Waals surface area contributed by atoms with Gasteiger partial charge in [-0.15, -0.1) is 22.9 Å². The van der Waals surface area contributed by atoms with Gasteiger partial charge in [-0.2, -0.15) is 18.6 Å². The number of esters is 1. The first-order valence-corrected chi connectivity index (χ1v) is 31.9. The van der Waals surface area contributed by atoms with E-state index in [1.165, 1.54) is 35.2 Å². The highest BCUT2D eigenvalue weighted by atomic mass is 32.2. The average Bonchev–Trinajstić information content (AvgIpc) is 0.787. The number of likely N-dealkylation sites (tertiary alicyclic amines) is 1. The van der Waals surface area contributed by atoms with Crippen LogP contribution in [-0.2, 0) is 40.5 Å². The molecule has 0 saturated carbocycles. The highest BCUT2D eigenvalue weighted by molar-refractivity contribution is 7.86. The predicted octanol–water partition coefficient (Wildman–Crippen LogP) is 15.5. The molecule has 1 heterocycles. The summed E-state index contributed by atoms with van der Waals surface area (Å²) in [5, 5.41) is 25.4. The summed E-state index contributed by atoms with van der Waals surface area (Å²) in [6, 6.07) is 48.9. The lowest BCUT2D eigenvalue weighted by molar-refractivity contribution is -0.164. The number of azo groups is 2. The molecule has 93 heavy (non-hydrogen) atoms. The molecular weight excluding hydrogens is 1220 g/mol. The van der Waals surface area contributed by atoms with Crippen LogP contribution in [0.5, 0.6) is 17.2 Å². The Bertz CT molecular complexity index is 4490. The van der Waals surface area contributed by atoms with Crippen molar-refractivity contribution >= 4 is 114 Å². The van der Waals surface area contributed by atoms with Crippen molar-refractivity contribution in [3.63, 3.8) is 0 Å². The average molecular weight is 1290 g/mol. The number of carbonyl (C=O) groups is 5. The van der Waals surface area contributed by atoms with E-state index in [0.29, 0.717) is 89.8 Å². The van der Waals surface area contributed by atoms with Crippen molar-refractivity contribution in [3.05, 3.63) is 193 Å². The molecule has 5 N–H and O–H groups in total. The number of nitrogens with one attached hydrogen (secondary N) is 2. The summed E-state index contributed by atoms with van der Waals surface area (Å²) in [4.78, 5) is 70.4. The number of anilines is 3. The monoisotopic (exact) mass is 1290 g/mol. The van der Waals surface area contributed by atoms with Gasteiger partial charge in [-0.3, -0.25) is 23.7 Å². The minimum Gasteiger partial charge on any atom is -0.493 e. The lowest BCUT2D eigenvalue weighted by Crippen LogP contribution is -2.53. The van der Waals surface area contributed by atoms with Crippen LogP contribution in [0.25, 0.3) is 32.7 Å². The number of ether oxygens (including phenoxy) is 4. The molecule has 1 aliphatic heterocycles. The summed E-state index contributed by atoms with van der Waals surface area (Å²) < 4.78 is 59.2. The number of thiol groups is 1. The van der Waals surface area contributed by atoms with E-state index in [2.05, 4.69) is 43.7 Å². The number of hydrogen-bond donors (Lipinski definition) is 5. The number of ketones is 1. The number of piperidine rings is 1. The Kier molecular flexibility index (Phi) is 20.4. The summed E-state index contributed by atoms with van der Waals surface area (Å²) in [7, 11) is -1.71. The van der Waals surface area contributed by atoms with E-state index in [1.54, 1.807) is 94.8 Å². The minimum absolute atomic E-state index is 0.0650. The van der Waals surface area contributed by atoms with Crippen LogP contribution in [0.4, 0.5) is 39.8 Å². The van der Waals surface area contributed by atoms with E-state index in [9.17, 15) is 36.9 Å². The molecule has 2 unspecified atom stereocenters. The van der Waals surface area contributed by atoms with Crippen molar-refractivity contribution < 1.29 is 55.9 Å². The Morgan fingerprint density at radius 3 is 1.98 bits per heavy atom. The van der Waals surface area contributed by atoms with Crippen molar-refractivity contribution in [1.82, 2.24) is 4.90 Å². The Hall–Kier alpha value is -10.3. The molecule has 3 amide bonds. The zero-order valence-corrected chi connectivity index (χ0v) is 53.4. The van der Waals surface area contributed by atoms with Gasteiger partial charge in [0.2, 0.25) is 5.78 Å². The van der Waals surface area contributed by atoms with Crippen molar-refractivity contribution in [2.24, 2.45) is 25.9 Å². The second kappa shape index (κ2) is 28.9. The quantitative estimate of drug-likeness (QED) is 0.00996. The Balaban J connectivity index is 0.802. The topological polar surface area (TPSA) is 279 Å². The third-order valence-electron chi connectivity index (χ3n) is 16.3. The van der Waals surface area contributed by atoms with Crippen LogP contribution >= 0.6 is 12.6 Å². The Labute approximate surface area is 543 Å². The summed E-state index contributed by atoms with van der Waals surface area (Å²) in [6.07, 6.45) is 1.99. The van der Waals surface area contributed by atoms with Gasteiger partial charge in [0.05, 0.1) is 37.0 Å². The first-order chi connectivity index (χ1) is 44.7. The zero-order valence-electron chi connectivity index (χ0n) is 51.7. The summed E-state index contributed by atoms with van der Waals surface area (Å²) in [6.45, 7) is 5.09. The third kappa shape index (κ3) is 15.6. The van der Waals surface area contributed by atoms with Gasteiger partial charge in [-0.1, -0.05) is 112 Å². The molecule has 9 aromatic carbocycles. The van der Waals surface area contributed by atoms with E-state index in [-0.39, 0.29) is 34.3 Å². The molecule has 0 bridgehead atoms. The molecule has 9 aromatic rings. The van der Waals surface area contributed by atoms with Gasteiger partial charge in [0.15, 0.2) is 18.1 Å². The number of nitrogens with zero attached hydrogens (tertiary/aromatic N) is 5. The predicted molar refractivity (Wildman–Crippen MR) is 360 cm³/mol. The number of benzene rings is 9. The van der Waals surface area contributed by atoms with Crippen LogP contribution in [-0.4, -0.2) is 80.8 Å².